The topological polar surface area (TPSA) is 50.2 Å². The molecule has 1 aromatic heterocycles. The van der Waals surface area contributed by atoms with Crippen molar-refractivity contribution in [3.63, 3.8) is 0 Å². The van der Waals surface area contributed by atoms with Crippen molar-refractivity contribution in [3.05, 3.63) is 29.6 Å². The molecule has 4 aliphatic carbocycles. The maximum Gasteiger partial charge on any atom is 0.354 e. The summed E-state index contributed by atoms with van der Waals surface area (Å²) in [5, 5.41) is 8.93. The molecule has 0 radical (unpaired) electrons. The minimum atomic E-state index is -0.934. The van der Waals surface area contributed by atoms with Crippen molar-refractivity contribution in [2.45, 2.75) is 38.0 Å². The third kappa shape index (κ3) is 1.78. The number of nitrogens with zero attached hydrogens (tertiary/aromatic N) is 1. The van der Waals surface area contributed by atoms with E-state index in [2.05, 4.69) is 4.98 Å². The van der Waals surface area contributed by atoms with E-state index in [4.69, 9.17) is 5.11 Å². The third-order valence-corrected chi connectivity index (χ3v) is 5.62. The first kappa shape index (κ1) is 11.4. The molecule has 4 fully saturated rings. The molecule has 0 aliphatic heterocycles. The quantitative estimate of drug-likeness (QED) is 0.884. The first-order valence-corrected chi connectivity index (χ1v) is 7.40. The second kappa shape index (κ2) is 4.06. The maximum atomic E-state index is 10.9. The predicted octanol–water partition coefficient (Wildman–Crippen LogP) is 3.32. The second-order valence-electron chi connectivity index (χ2n) is 6.74. The molecule has 1 aromatic rings. The van der Waals surface area contributed by atoms with Crippen LogP contribution < -0.4 is 0 Å². The summed E-state index contributed by atoms with van der Waals surface area (Å²) in [5.74, 6) is 3.32. The minimum absolute atomic E-state index is 0.160. The van der Waals surface area contributed by atoms with Gasteiger partial charge in [0.15, 0.2) is 0 Å². The summed E-state index contributed by atoms with van der Waals surface area (Å²) in [6.07, 6.45) is 8.83. The van der Waals surface area contributed by atoms with Gasteiger partial charge < -0.3 is 5.11 Å². The smallest absolute Gasteiger partial charge is 0.354 e. The van der Waals surface area contributed by atoms with Gasteiger partial charge in [-0.1, -0.05) is 6.07 Å². The maximum absolute atomic E-state index is 10.9. The molecule has 3 nitrogen and oxygen atoms in total. The van der Waals surface area contributed by atoms with Gasteiger partial charge in [0.1, 0.15) is 5.69 Å². The van der Waals surface area contributed by atoms with Crippen LogP contribution in [-0.4, -0.2) is 16.1 Å². The van der Waals surface area contributed by atoms with Crippen LogP contribution in [0, 0.1) is 23.7 Å². The molecule has 1 N–H and O–H groups in total. The van der Waals surface area contributed by atoms with Crippen molar-refractivity contribution in [1.29, 1.82) is 0 Å². The Morgan fingerprint density at radius 1 is 1.05 bits per heavy atom. The van der Waals surface area contributed by atoms with Crippen LogP contribution in [0.4, 0.5) is 0 Å². The van der Waals surface area contributed by atoms with Crippen molar-refractivity contribution in [3.8, 4) is 0 Å². The van der Waals surface area contributed by atoms with E-state index in [0.717, 1.165) is 23.7 Å². The van der Waals surface area contributed by atoms with Gasteiger partial charge in [-0.05, 0) is 73.3 Å². The summed E-state index contributed by atoms with van der Waals surface area (Å²) < 4.78 is 0. The van der Waals surface area contributed by atoms with Crippen LogP contribution in [0.3, 0.4) is 0 Å². The lowest BCUT2D eigenvalue weighted by atomic mass is 9.51. The summed E-state index contributed by atoms with van der Waals surface area (Å²) in [5.41, 5.74) is 1.44. The molecule has 4 aliphatic rings. The normalized spacial score (nSPS) is 39.5. The second-order valence-corrected chi connectivity index (χ2v) is 6.74. The Hall–Kier alpha value is -1.38. The summed E-state index contributed by atoms with van der Waals surface area (Å²) in [6.45, 7) is 0. The zero-order chi connectivity index (χ0) is 13.0. The van der Waals surface area contributed by atoms with Gasteiger partial charge >= 0.3 is 5.97 Å². The number of carboxylic acid groups (broad SMARTS) is 1. The van der Waals surface area contributed by atoms with E-state index in [1.54, 1.807) is 6.07 Å². The van der Waals surface area contributed by atoms with Gasteiger partial charge in [0.2, 0.25) is 0 Å². The van der Waals surface area contributed by atoms with Crippen LogP contribution in [-0.2, 0) is 0 Å². The van der Waals surface area contributed by atoms with Gasteiger partial charge in [0, 0.05) is 6.20 Å². The fourth-order valence-corrected chi connectivity index (χ4v) is 5.20. The fraction of sp³-hybridized carbons (Fsp3) is 0.625. The number of carbonyl (C=O) groups is 1. The molecule has 19 heavy (non-hydrogen) atoms. The highest BCUT2D eigenvalue weighted by Gasteiger charge is 2.48. The Morgan fingerprint density at radius 3 is 2.16 bits per heavy atom. The Morgan fingerprint density at radius 2 is 1.68 bits per heavy atom. The summed E-state index contributed by atoms with van der Waals surface area (Å²) in [7, 11) is 0. The van der Waals surface area contributed by atoms with Crippen LogP contribution in [0.5, 0.6) is 0 Å². The highest BCUT2D eigenvalue weighted by atomic mass is 16.4. The number of carboxylic acids is 1. The first-order chi connectivity index (χ1) is 9.20. The lowest BCUT2D eigenvalue weighted by Gasteiger charge is -2.54. The van der Waals surface area contributed by atoms with Gasteiger partial charge in [0.25, 0.3) is 0 Å². The molecule has 3 heteroatoms. The van der Waals surface area contributed by atoms with E-state index in [0.29, 0.717) is 5.92 Å². The average molecular weight is 257 g/mol. The highest BCUT2D eigenvalue weighted by molar-refractivity contribution is 5.85. The summed E-state index contributed by atoms with van der Waals surface area (Å²) >= 11 is 0. The van der Waals surface area contributed by atoms with E-state index in [-0.39, 0.29) is 5.69 Å². The van der Waals surface area contributed by atoms with E-state index in [9.17, 15) is 4.79 Å². The number of rotatable bonds is 2. The Bertz CT molecular complexity index is 480. The van der Waals surface area contributed by atoms with E-state index in [1.807, 2.05) is 12.3 Å². The zero-order valence-electron chi connectivity index (χ0n) is 11.0. The lowest BCUT2D eigenvalue weighted by molar-refractivity contribution is -0.00289. The molecule has 0 atom stereocenters. The first-order valence-electron chi connectivity index (χ1n) is 7.40. The van der Waals surface area contributed by atoms with E-state index in [1.165, 1.54) is 37.7 Å². The van der Waals surface area contributed by atoms with Crippen LogP contribution >= 0.6 is 0 Å². The van der Waals surface area contributed by atoms with Crippen molar-refractivity contribution < 1.29 is 9.90 Å². The van der Waals surface area contributed by atoms with Gasteiger partial charge in [-0.25, -0.2) is 9.78 Å². The number of hydrogen-bond acceptors (Lipinski definition) is 2. The number of hydrogen-bond donors (Lipinski definition) is 1. The molecule has 0 spiro atoms. The average Bonchev–Trinajstić information content (AvgIpc) is 2.38. The molecule has 5 rings (SSSR count). The molecule has 0 aromatic carbocycles. The minimum Gasteiger partial charge on any atom is -0.477 e. The van der Waals surface area contributed by atoms with Gasteiger partial charge in [-0.3, -0.25) is 0 Å². The van der Waals surface area contributed by atoms with Crippen LogP contribution in [0.15, 0.2) is 18.3 Å². The molecule has 4 bridgehead atoms. The molecule has 0 saturated heterocycles. The van der Waals surface area contributed by atoms with Crippen molar-refractivity contribution >= 4 is 5.97 Å². The summed E-state index contributed by atoms with van der Waals surface area (Å²) in [4.78, 5) is 15.0. The van der Waals surface area contributed by atoms with Crippen LogP contribution in [0.25, 0.3) is 0 Å². The molecule has 0 unspecified atom stereocenters. The SMILES string of the molecule is O=C(O)c1ccc(C2C3CC4CC(C3)CC2C4)cn1. The van der Waals surface area contributed by atoms with Crippen molar-refractivity contribution in [2.75, 3.05) is 0 Å². The standard InChI is InChI=1S/C16H19NO2/c18-16(19)14-2-1-11(8-17-14)15-12-4-9-3-10(6-12)7-13(15)5-9/h1-2,8-10,12-13,15H,3-7H2,(H,18,19). The van der Waals surface area contributed by atoms with E-state index >= 15 is 0 Å². The Kier molecular flexibility index (Phi) is 2.44. The van der Waals surface area contributed by atoms with Gasteiger partial charge in [-0.15, -0.1) is 0 Å². The largest absolute Gasteiger partial charge is 0.477 e. The highest BCUT2D eigenvalue weighted by Crippen LogP contribution is 2.59. The number of pyridine rings is 1. The molecular weight excluding hydrogens is 238 g/mol. The van der Waals surface area contributed by atoms with Crippen LogP contribution in [0.2, 0.25) is 0 Å². The third-order valence-electron chi connectivity index (χ3n) is 5.62. The van der Waals surface area contributed by atoms with Crippen molar-refractivity contribution in [2.24, 2.45) is 23.7 Å². The van der Waals surface area contributed by atoms with Crippen LogP contribution in [0.1, 0.15) is 54.1 Å². The van der Waals surface area contributed by atoms with Crippen molar-refractivity contribution in [1.82, 2.24) is 4.98 Å². The van der Waals surface area contributed by atoms with Gasteiger partial charge in [-0.2, -0.15) is 0 Å². The predicted molar refractivity (Wildman–Crippen MR) is 71.0 cm³/mol. The van der Waals surface area contributed by atoms with Gasteiger partial charge in [0.05, 0.1) is 0 Å². The molecule has 1 heterocycles. The summed E-state index contributed by atoms with van der Waals surface area (Å²) in [6, 6.07) is 3.67. The molecular formula is C16H19NO2. The fourth-order valence-electron chi connectivity index (χ4n) is 5.20. The zero-order valence-corrected chi connectivity index (χ0v) is 11.0. The number of aromatic carboxylic acids is 1. The lowest BCUT2D eigenvalue weighted by Crippen LogP contribution is -2.43. The van der Waals surface area contributed by atoms with E-state index < -0.39 is 5.97 Å². The molecule has 4 saturated carbocycles. The number of aromatic nitrogens is 1. The Balaban J connectivity index is 1.63. The molecule has 100 valence electrons. The molecule has 0 amide bonds. The Labute approximate surface area is 113 Å². The monoisotopic (exact) mass is 257 g/mol.